The van der Waals surface area contributed by atoms with Gasteiger partial charge in [-0.3, -0.25) is 31.1 Å². The van der Waals surface area contributed by atoms with Gasteiger partial charge in [-0.05, 0) is 6.07 Å². The Morgan fingerprint density at radius 1 is 1.22 bits per heavy atom. The van der Waals surface area contributed by atoms with Crippen molar-refractivity contribution in [2.45, 2.75) is 0 Å². The van der Waals surface area contributed by atoms with Crippen LogP contribution in [0.1, 0.15) is 0 Å². The molecule has 3 N–H and O–H groups in total. The number of benzene rings is 1. The zero-order valence-electron chi connectivity index (χ0n) is 9.17. The number of amides is 2. The summed E-state index contributed by atoms with van der Waals surface area (Å²) in [6, 6.07) is 2.41. The highest BCUT2D eigenvalue weighted by atomic mass is 16.6. The SMILES string of the molecule is CNC(=O)NNc1ccc([N+](=O)[O-])cc1[N+](=O)[O-]. The van der Waals surface area contributed by atoms with E-state index >= 15 is 0 Å². The van der Waals surface area contributed by atoms with E-state index in [0.29, 0.717) is 0 Å². The van der Waals surface area contributed by atoms with Gasteiger partial charge in [0.15, 0.2) is 0 Å². The van der Waals surface area contributed by atoms with Gasteiger partial charge in [-0.25, -0.2) is 4.79 Å². The molecule has 1 rings (SSSR count). The van der Waals surface area contributed by atoms with Crippen LogP contribution in [0, 0.1) is 20.2 Å². The average Bonchev–Trinajstić information content (AvgIpc) is 2.35. The van der Waals surface area contributed by atoms with Gasteiger partial charge in [0.05, 0.1) is 15.9 Å². The van der Waals surface area contributed by atoms with Crippen LogP contribution in [0.5, 0.6) is 0 Å². The van der Waals surface area contributed by atoms with Crippen molar-refractivity contribution in [2.75, 3.05) is 12.5 Å². The number of nitro benzene ring substituents is 2. The summed E-state index contributed by atoms with van der Waals surface area (Å²) < 4.78 is 0. The van der Waals surface area contributed by atoms with E-state index in [0.717, 1.165) is 18.2 Å². The normalized spacial score (nSPS) is 9.39. The van der Waals surface area contributed by atoms with Crippen LogP contribution in [0.15, 0.2) is 18.2 Å². The van der Waals surface area contributed by atoms with Gasteiger partial charge in [0.25, 0.3) is 5.69 Å². The molecule has 0 bridgehead atoms. The van der Waals surface area contributed by atoms with Crippen LogP contribution in [0.4, 0.5) is 21.9 Å². The van der Waals surface area contributed by atoms with E-state index in [9.17, 15) is 25.0 Å². The number of hydrogen-bond acceptors (Lipinski definition) is 6. The Hall–Kier alpha value is -2.91. The van der Waals surface area contributed by atoms with Gasteiger partial charge in [-0.2, -0.15) is 0 Å². The minimum Gasteiger partial charge on any atom is -0.340 e. The largest absolute Gasteiger partial charge is 0.340 e. The molecular weight excluding hydrogens is 246 g/mol. The molecule has 10 heteroatoms. The molecule has 0 radical (unpaired) electrons. The summed E-state index contributed by atoms with van der Waals surface area (Å²) in [5.74, 6) is 0. The Balaban J connectivity index is 3.00. The van der Waals surface area contributed by atoms with E-state index in [1.807, 2.05) is 0 Å². The second-order valence-electron chi connectivity index (χ2n) is 3.04. The fraction of sp³-hybridized carbons (Fsp3) is 0.125. The van der Waals surface area contributed by atoms with Crippen molar-refractivity contribution in [2.24, 2.45) is 0 Å². The van der Waals surface area contributed by atoms with Crippen LogP contribution < -0.4 is 16.2 Å². The Morgan fingerprint density at radius 2 is 1.89 bits per heavy atom. The number of carbonyl (C=O) groups is 1. The van der Waals surface area contributed by atoms with Crippen LogP contribution >= 0.6 is 0 Å². The number of urea groups is 1. The van der Waals surface area contributed by atoms with Crippen LogP contribution in [0.25, 0.3) is 0 Å². The van der Waals surface area contributed by atoms with E-state index in [1.165, 1.54) is 7.05 Å². The number of nitro groups is 2. The van der Waals surface area contributed by atoms with Crippen molar-refractivity contribution >= 4 is 23.1 Å². The number of rotatable bonds is 4. The molecule has 0 aromatic heterocycles. The molecule has 0 saturated heterocycles. The summed E-state index contributed by atoms with van der Waals surface area (Å²) in [5, 5.41) is 23.4. The molecule has 1 aromatic carbocycles. The summed E-state index contributed by atoms with van der Waals surface area (Å²) in [6.07, 6.45) is 0. The van der Waals surface area contributed by atoms with E-state index < -0.39 is 27.3 Å². The monoisotopic (exact) mass is 255 g/mol. The highest BCUT2D eigenvalue weighted by molar-refractivity contribution is 5.76. The van der Waals surface area contributed by atoms with Crippen molar-refractivity contribution in [3.05, 3.63) is 38.4 Å². The smallest absolute Gasteiger partial charge is 0.333 e. The zero-order chi connectivity index (χ0) is 13.7. The molecule has 0 unspecified atom stereocenters. The van der Waals surface area contributed by atoms with E-state index in [4.69, 9.17) is 0 Å². The molecule has 0 fully saturated rings. The molecule has 18 heavy (non-hydrogen) atoms. The van der Waals surface area contributed by atoms with Gasteiger partial charge < -0.3 is 5.32 Å². The maximum absolute atomic E-state index is 10.9. The van der Waals surface area contributed by atoms with Gasteiger partial charge in [-0.15, -0.1) is 0 Å². The van der Waals surface area contributed by atoms with E-state index in [-0.39, 0.29) is 5.69 Å². The second-order valence-corrected chi connectivity index (χ2v) is 3.04. The molecule has 2 amide bonds. The topological polar surface area (TPSA) is 139 Å². The van der Waals surface area contributed by atoms with Crippen LogP contribution in [-0.4, -0.2) is 22.9 Å². The third-order valence-corrected chi connectivity index (χ3v) is 1.93. The highest BCUT2D eigenvalue weighted by Crippen LogP contribution is 2.28. The molecule has 96 valence electrons. The predicted molar refractivity (Wildman–Crippen MR) is 61.0 cm³/mol. The fourth-order valence-corrected chi connectivity index (χ4v) is 1.08. The molecule has 1 aromatic rings. The van der Waals surface area contributed by atoms with E-state index in [2.05, 4.69) is 16.2 Å². The fourth-order valence-electron chi connectivity index (χ4n) is 1.08. The third-order valence-electron chi connectivity index (χ3n) is 1.93. The molecule has 0 saturated carbocycles. The standard InChI is InChI=1S/C8H9N5O5/c1-9-8(14)11-10-6-3-2-5(12(15)16)4-7(6)13(17)18/h2-4,10H,1H3,(H2,9,11,14). The lowest BCUT2D eigenvalue weighted by Gasteiger charge is -2.07. The summed E-state index contributed by atoms with van der Waals surface area (Å²) in [7, 11) is 1.36. The number of hydrazine groups is 1. The zero-order valence-corrected chi connectivity index (χ0v) is 9.17. The highest BCUT2D eigenvalue weighted by Gasteiger charge is 2.19. The quantitative estimate of drug-likeness (QED) is 0.536. The maximum atomic E-state index is 10.9. The summed E-state index contributed by atoms with van der Waals surface area (Å²) >= 11 is 0. The molecule has 0 atom stereocenters. The van der Waals surface area contributed by atoms with Crippen molar-refractivity contribution in [1.29, 1.82) is 0 Å². The van der Waals surface area contributed by atoms with Gasteiger partial charge >= 0.3 is 11.7 Å². The molecule has 0 aliphatic carbocycles. The number of nitrogens with zero attached hydrogens (tertiary/aromatic N) is 2. The Bertz CT molecular complexity index is 503. The first-order valence-electron chi connectivity index (χ1n) is 4.62. The number of nitrogens with one attached hydrogen (secondary N) is 3. The predicted octanol–water partition coefficient (Wildman–Crippen LogP) is 0.759. The van der Waals surface area contributed by atoms with Gasteiger partial charge in [-0.1, -0.05) is 0 Å². The number of non-ortho nitro benzene ring substituents is 1. The second kappa shape index (κ2) is 5.43. The molecule has 0 spiro atoms. The average molecular weight is 255 g/mol. The van der Waals surface area contributed by atoms with Crippen molar-refractivity contribution in [3.8, 4) is 0 Å². The van der Waals surface area contributed by atoms with Gasteiger partial charge in [0.2, 0.25) is 0 Å². The summed E-state index contributed by atoms with van der Waals surface area (Å²) in [5.41, 5.74) is 3.42. The first kappa shape index (κ1) is 13.2. The first-order valence-corrected chi connectivity index (χ1v) is 4.62. The number of anilines is 1. The Morgan fingerprint density at radius 3 is 2.39 bits per heavy atom. The maximum Gasteiger partial charge on any atom is 0.333 e. The molecular formula is C8H9N5O5. The van der Waals surface area contributed by atoms with Gasteiger partial charge in [0, 0.05) is 13.1 Å². The van der Waals surface area contributed by atoms with Crippen molar-refractivity contribution < 1.29 is 14.6 Å². The van der Waals surface area contributed by atoms with E-state index in [1.54, 1.807) is 0 Å². The third kappa shape index (κ3) is 3.04. The molecule has 0 heterocycles. The summed E-state index contributed by atoms with van der Waals surface area (Å²) in [6.45, 7) is 0. The van der Waals surface area contributed by atoms with Crippen LogP contribution in [0.2, 0.25) is 0 Å². The lowest BCUT2D eigenvalue weighted by Crippen LogP contribution is -2.36. The summed E-state index contributed by atoms with van der Waals surface area (Å²) in [4.78, 5) is 30.5. The minimum atomic E-state index is -0.791. The first-order chi connectivity index (χ1) is 8.45. The Labute approximate surface area is 100 Å². The van der Waals surface area contributed by atoms with Crippen LogP contribution in [0.3, 0.4) is 0 Å². The Kier molecular flexibility index (Phi) is 3.97. The number of hydrogen-bond donors (Lipinski definition) is 3. The van der Waals surface area contributed by atoms with Crippen molar-refractivity contribution in [3.63, 3.8) is 0 Å². The molecule has 10 nitrogen and oxygen atoms in total. The molecule has 0 aliphatic rings. The lowest BCUT2D eigenvalue weighted by molar-refractivity contribution is -0.393. The molecule has 0 aliphatic heterocycles. The van der Waals surface area contributed by atoms with Crippen LogP contribution in [-0.2, 0) is 0 Å². The number of carbonyl (C=O) groups excluding carboxylic acids is 1. The van der Waals surface area contributed by atoms with Crippen molar-refractivity contribution in [1.82, 2.24) is 10.7 Å². The lowest BCUT2D eigenvalue weighted by atomic mass is 10.2. The van der Waals surface area contributed by atoms with Gasteiger partial charge in [0.1, 0.15) is 5.69 Å². The minimum absolute atomic E-state index is 0.0609.